The smallest absolute Gasteiger partial charge is 0.211 e. The van der Waals surface area contributed by atoms with Gasteiger partial charge in [0.25, 0.3) is 0 Å². The number of benzene rings is 2. The average molecular weight is 273 g/mol. The van der Waals surface area contributed by atoms with Gasteiger partial charge in [0.05, 0.1) is 5.75 Å². The monoisotopic (exact) mass is 273 g/mol. The van der Waals surface area contributed by atoms with Gasteiger partial charge in [0, 0.05) is 5.56 Å². The molecule has 0 fully saturated rings. The van der Waals surface area contributed by atoms with Crippen molar-refractivity contribution in [3.05, 3.63) is 60.5 Å². The van der Waals surface area contributed by atoms with Crippen LogP contribution in [0, 0.1) is 0 Å². The van der Waals surface area contributed by atoms with Crippen LogP contribution < -0.4 is 4.18 Å². The third-order valence-electron chi connectivity index (χ3n) is 2.67. The Balaban J connectivity index is 0.000000117. The lowest BCUT2D eigenvalue weighted by molar-refractivity contribution is 0.577. The van der Waals surface area contributed by atoms with Gasteiger partial charge in [-0.3, -0.25) is 0 Å². The summed E-state index contributed by atoms with van der Waals surface area (Å²) in [6.45, 7) is 0. The van der Waals surface area contributed by atoms with Crippen LogP contribution in [0.1, 0.15) is 5.56 Å². The van der Waals surface area contributed by atoms with Crippen molar-refractivity contribution < 1.29 is 12.8 Å². The normalized spacial score (nSPS) is 16.3. The van der Waals surface area contributed by atoms with Crippen LogP contribution in [-0.4, -0.2) is 9.19 Å². The van der Waals surface area contributed by atoms with Gasteiger partial charge in [-0.25, -0.2) is 9.19 Å². The van der Waals surface area contributed by atoms with Gasteiger partial charge in [-0.05, 0) is 18.2 Å². The molecular weight excluding hydrogens is 262 g/mol. The van der Waals surface area contributed by atoms with Gasteiger partial charge in [0.15, 0.2) is 12.0 Å². The van der Waals surface area contributed by atoms with E-state index in [2.05, 4.69) is 4.98 Å². The molecule has 0 aliphatic carbocycles. The van der Waals surface area contributed by atoms with Crippen molar-refractivity contribution in [1.82, 2.24) is 4.98 Å². The third-order valence-corrected chi connectivity index (χ3v) is 3.58. The first-order valence-electron chi connectivity index (χ1n) is 5.76. The minimum Gasteiger partial charge on any atom is -0.443 e. The molecule has 1 aromatic heterocycles. The molecule has 0 radical (unpaired) electrons. The molecule has 0 amide bonds. The molecule has 5 heteroatoms. The van der Waals surface area contributed by atoms with E-state index in [0.29, 0.717) is 5.75 Å². The van der Waals surface area contributed by atoms with Crippen LogP contribution in [0.2, 0.25) is 0 Å². The molecule has 0 bridgehead atoms. The van der Waals surface area contributed by atoms with Crippen molar-refractivity contribution in [3.8, 4) is 5.75 Å². The summed E-state index contributed by atoms with van der Waals surface area (Å²) < 4.78 is 20.8. The van der Waals surface area contributed by atoms with Gasteiger partial charge in [0.2, 0.25) is 11.1 Å². The first kappa shape index (κ1) is 11.9. The quantitative estimate of drug-likeness (QED) is 0.631. The maximum atomic E-state index is 10.8. The van der Waals surface area contributed by atoms with E-state index in [1.165, 1.54) is 6.39 Å². The summed E-state index contributed by atoms with van der Waals surface area (Å²) in [4.78, 5) is 3.95. The van der Waals surface area contributed by atoms with Gasteiger partial charge in [-0.2, -0.15) is 0 Å². The van der Waals surface area contributed by atoms with Crippen LogP contribution >= 0.6 is 0 Å². The molecule has 3 aromatic rings. The van der Waals surface area contributed by atoms with Gasteiger partial charge in [-0.15, -0.1) is 0 Å². The van der Waals surface area contributed by atoms with E-state index in [4.69, 9.17) is 8.60 Å². The second-order valence-electron chi connectivity index (χ2n) is 3.96. The summed E-state index contributed by atoms with van der Waals surface area (Å²) in [7, 11) is 0. The summed E-state index contributed by atoms with van der Waals surface area (Å²) in [5, 5.41) is 0. The molecule has 1 aliphatic heterocycles. The van der Waals surface area contributed by atoms with Gasteiger partial charge in [-0.1, -0.05) is 30.3 Å². The molecule has 19 heavy (non-hydrogen) atoms. The highest BCUT2D eigenvalue weighted by atomic mass is 32.2. The lowest BCUT2D eigenvalue weighted by atomic mass is 10.2. The van der Waals surface area contributed by atoms with Gasteiger partial charge in [0.1, 0.15) is 11.3 Å². The molecule has 1 atom stereocenters. The zero-order valence-electron chi connectivity index (χ0n) is 9.98. The van der Waals surface area contributed by atoms with Crippen LogP contribution in [0.15, 0.2) is 59.3 Å². The lowest BCUT2D eigenvalue weighted by Gasteiger charge is -1.91. The molecule has 4 rings (SSSR count). The SMILES string of the molecule is O=S1Cc2ccccc2O1.c1ccc2ocnc2c1. The van der Waals surface area contributed by atoms with E-state index in [-0.39, 0.29) is 0 Å². The molecule has 1 unspecified atom stereocenters. The molecule has 0 saturated carbocycles. The summed E-state index contributed by atoms with van der Waals surface area (Å²) >= 11 is -1.12. The van der Waals surface area contributed by atoms with Crippen LogP contribution in [0.3, 0.4) is 0 Å². The molecule has 0 saturated heterocycles. The fourth-order valence-electron chi connectivity index (χ4n) is 1.76. The second-order valence-corrected chi connectivity index (χ2v) is 5.02. The van der Waals surface area contributed by atoms with Crippen LogP contribution in [0.5, 0.6) is 5.75 Å². The molecule has 1 aliphatic rings. The highest BCUT2D eigenvalue weighted by molar-refractivity contribution is 7.80. The molecule has 96 valence electrons. The van der Waals surface area contributed by atoms with Crippen LogP contribution in [0.25, 0.3) is 11.1 Å². The molecule has 2 heterocycles. The first-order chi connectivity index (χ1) is 9.33. The second kappa shape index (κ2) is 5.24. The standard InChI is InChI=1S/C7H5NO.C7H6O2S/c1-2-4-7-6(3-1)8-5-9-7;8-10-5-6-3-1-2-4-7(6)9-10/h1-5H;1-4H,5H2. The summed E-state index contributed by atoms with van der Waals surface area (Å²) in [6.07, 6.45) is 1.45. The van der Waals surface area contributed by atoms with E-state index in [9.17, 15) is 4.21 Å². The average Bonchev–Trinajstić information content (AvgIpc) is 3.03. The van der Waals surface area contributed by atoms with E-state index >= 15 is 0 Å². The number of aromatic nitrogens is 1. The fraction of sp³-hybridized carbons (Fsp3) is 0.0714. The van der Waals surface area contributed by atoms with Crippen molar-refractivity contribution in [2.24, 2.45) is 0 Å². The maximum absolute atomic E-state index is 10.8. The summed E-state index contributed by atoms with van der Waals surface area (Å²) in [5.74, 6) is 1.30. The minimum absolute atomic E-state index is 0.538. The van der Waals surface area contributed by atoms with Crippen molar-refractivity contribution in [2.45, 2.75) is 5.75 Å². The number of para-hydroxylation sites is 3. The van der Waals surface area contributed by atoms with Gasteiger partial charge >= 0.3 is 0 Å². The zero-order valence-corrected chi connectivity index (χ0v) is 10.8. The Morgan fingerprint density at radius 3 is 2.68 bits per heavy atom. The number of hydrogen-bond acceptors (Lipinski definition) is 4. The molecule has 0 spiro atoms. The Bertz CT molecular complexity index is 666. The van der Waals surface area contributed by atoms with Crippen molar-refractivity contribution in [3.63, 3.8) is 0 Å². The van der Waals surface area contributed by atoms with Crippen molar-refractivity contribution >= 4 is 22.2 Å². The van der Waals surface area contributed by atoms with Crippen LogP contribution in [0.4, 0.5) is 0 Å². The molecule has 2 aromatic carbocycles. The van der Waals surface area contributed by atoms with Crippen molar-refractivity contribution in [2.75, 3.05) is 0 Å². The predicted octanol–water partition coefficient (Wildman–Crippen LogP) is 3.07. The Hall–Kier alpha value is -2.14. The fourth-order valence-corrected chi connectivity index (χ4v) is 2.68. The summed E-state index contributed by atoms with van der Waals surface area (Å²) in [6, 6.07) is 15.2. The first-order valence-corrected chi connectivity index (χ1v) is 7.00. The predicted molar refractivity (Wildman–Crippen MR) is 72.9 cm³/mol. The lowest BCUT2D eigenvalue weighted by Crippen LogP contribution is -1.90. The largest absolute Gasteiger partial charge is 0.443 e. The highest BCUT2D eigenvalue weighted by Gasteiger charge is 2.17. The zero-order chi connectivity index (χ0) is 13.1. The molecule has 0 N–H and O–H groups in total. The Morgan fingerprint density at radius 2 is 1.84 bits per heavy atom. The Kier molecular flexibility index (Phi) is 3.29. The topological polar surface area (TPSA) is 52.3 Å². The maximum Gasteiger partial charge on any atom is 0.211 e. The number of fused-ring (bicyclic) bond motifs is 2. The Morgan fingerprint density at radius 1 is 1.05 bits per heavy atom. The van der Waals surface area contributed by atoms with Crippen molar-refractivity contribution in [1.29, 1.82) is 0 Å². The van der Waals surface area contributed by atoms with E-state index in [1.807, 2.05) is 48.5 Å². The third kappa shape index (κ3) is 2.66. The molecule has 4 nitrogen and oxygen atoms in total. The van der Waals surface area contributed by atoms with E-state index in [1.54, 1.807) is 0 Å². The van der Waals surface area contributed by atoms with Gasteiger partial charge < -0.3 is 8.60 Å². The van der Waals surface area contributed by atoms with E-state index < -0.39 is 11.1 Å². The highest BCUT2D eigenvalue weighted by Crippen LogP contribution is 2.26. The minimum atomic E-state index is -1.12. The number of hydrogen-bond donors (Lipinski definition) is 0. The van der Waals surface area contributed by atoms with Crippen LogP contribution in [-0.2, 0) is 16.8 Å². The number of rotatable bonds is 0. The summed E-state index contributed by atoms with van der Waals surface area (Å²) in [5.41, 5.74) is 2.80. The Labute approximate surface area is 112 Å². The molecular formula is C14H11NO3S. The number of oxazole rings is 1. The number of nitrogens with zero attached hydrogens (tertiary/aromatic N) is 1. The van der Waals surface area contributed by atoms with E-state index in [0.717, 1.165) is 22.4 Å².